The Morgan fingerprint density at radius 2 is 2.03 bits per heavy atom. The number of carbonyl (C=O) groups is 2. The van der Waals surface area contributed by atoms with Gasteiger partial charge < -0.3 is 15.2 Å². The lowest BCUT2D eigenvalue weighted by molar-refractivity contribution is -0.141. The summed E-state index contributed by atoms with van der Waals surface area (Å²) in [7, 11) is 0. The quantitative estimate of drug-likeness (QED) is 0.672. The summed E-state index contributed by atoms with van der Waals surface area (Å²) in [6.07, 6.45) is 5.57. The lowest BCUT2D eigenvalue weighted by Crippen LogP contribution is -2.45. The summed E-state index contributed by atoms with van der Waals surface area (Å²) in [5, 5.41) is 3.54. The van der Waals surface area contributed by atoms with E-state index in [9.17, 15) is 9.59 Å². The molecule has 1 saturated carbocycles. The van der Waals surface area contributed by atoms with Gasteiger partial charge in [0.05, 0.1) is 17.6 Å². The Balaban J connectivity index is 1.80. The van der Waals surface area contributed by atoms with Crippen molar-refractivity contribution in [2.45, 2.75) is 58.3 Å². The average molecular weight is 419 g/mol. The first-order valence-electron chi connectivity index (χ1n) is 10.7. The standard InChI is InChI=1S/C22H31ClN4O2/c1-3-11-24-20(28)14-27(12-4-2)22(29)17-8-6-5-7-16(17)21-25-18-10-9-15(23)13-19(18)26-21/h9-10,13,16-17H,3-8,11-12,14H2,1-2H3,(H,24,28)(H,25,26)/t16-,17+/m0/s1. The van der Waals surface area contributed by atoms with Gasteiger partial charge in [0.2, 0.25) is 11.8 Å². The van der Waals surface area contributed by atoms with Crippen LogP contribution in [0.2, 0.25) is 5.02 Å². The molecular formula is C22H31ClN4O2. The number of rotatable bonds is 8. The summed E-state index contributed by atoms with van der Waals surface area (Å²) >= 11 is 6.11. The van der Waals surface area contributed by atoms with Crippen molar-refractivity contribution in [3.63, 3.8) is 0 Å². The highest BCUT2D eigenvalue weighted by Gasteiger charge is 2.36. The molecule has 158 valence electrons. The van der Waals surface area contributed by atoms with Crippen molar-refractivity contribution < 1.29 is 9.59 Å². The van der Waals surface area contributed by atoms with E-state index < -0.39 is 0 Å². The molecule has 1 heterocycles. The predicted molar refractivity (Wildman–Crippen MR) is 116 cm³/mol. The number of fused-ring (bicyclic) bond motifs is 1. The molecule has 1 aromatic heterocycles. The van der Waals surface area contributed by atoms with Gasteiger partial charge in [0.1, 0.15) is 5.82 Å². The van der Waals surface area contributed by atoms with Crippen LogP contribution in [0.25, 0.3) is 11.0 Å². The van der Waals surface area contributed by atoms with Crippen molar-refractivity contribution in [1.29, 1.82) is 0 Å². The second kappa shape index (κ2) is 10.1. The van der Waals surface area contributed by atoms with Crippen molar-refractivity contribution in [3.05, 3.63) is 29.0 Å². The summed E-state index contributed by atoms with van der Waals surface area (Å²) in [6.45, 7) is 5.41. The molecule has 1 aliphatic carbocycles. The molecule has 1 aromatic carbocycles. The second-order valence-electron chi connectivity index (χ2n) is 7.89. The van der Waals surface area contributed by atoms with Gasteiger partial charge in [-0.25, -0.2) is 4.98 Å². The number of carbonyl (C=O) groups excluding carboxylic acids is 2. The largest absolute Gasteiger partial charge is 0.355 e. The van der Waals surface area contributed by atoms with Gasteiger partial charge in [-0.1, -0.05) is 38.3 Å². The van der Waals surface area contributed by atoms with Gasteiger partial charge >= 0.3 is 0 Å². The third-order valence-electron chi connectivity index (χ3n) is 5.61. The summed E-state index contributed by atoms with van der Waals surface area (Å²) < 4.78 is 0. The maximum Gasteiger partial charge on any atom is 0.239 e. The van der Waals surface area contributed by atoms with Gasteiger partial charge in [-0.15, -0.1) is 0 Å². The van der Waals surface area contributed by atoms with E-state index in [2.05, 4.69) is 10.3 Å². The Morgan fingerprint density at radius 1 is 1.24 bits per heavy atom. The zero-order valence-electron chi connectivity index (χ0n) is 17.3. The number of nitrogens with zero attached hydrogens (tertiary/aromatic N) is 2. The van der Waals surface area contributed by atoms with E-state index in [0.29, 0.717) is 18.1 Å². The Morgan fingerprint density at radius 3 is 2.79 bits per heavy atom. The summed E-state index contributed by atoms with van der Waals surface area (Å²) in [5.41, 5.74) is 1.76. The summed E-state index contributed by atoms with van der Waals surface area (Å²) in [5.74, 6) is 0.735. The first kappa shape index (κ1) is 21.6. The van der Waals surface area contributed by atoms with Crippen LogP contribution in [-0.4, -0.2) is 46.3 Å². The van der Waals surface area contributed by atoms with Gasteiger partial charge in [-0.05, 0) is 43.9 Å². The van der Waals surface area contributed by atoms with Gasteiger partial charge in [0.15, 0.2) is 0 Å². The van der Waals surface area contributed by atoms with Crippen LogP contribution < -0.4 is 5.32 Å². The molecule has 1 fully saturated rings. The van der Waals surface area contributed by atoms with Crippen LogP contribution in [0, 0.1) is 5.92 Å². The highest BCUT2D eigenvalue weighted by molar-refractivity contribution is 6.31. The van der Waals surface area contributed by atoms with E-state index in [1.165, 1.54) is 0 Å². The highest BCUT2D eigenvalue weighted by atomic mass is 35.5. The van der Waals surface area contributed by atoms with Crippen LogP contribution in [0.1, 0.15) is 64.1 Å². The number of nitrogens with one attached hydrogen (secondary N) is 2. The van der Waals surface area contributed by atoms with Crippen LogP contribution in [0.15, 0.2) is 18.2 Å². The molecule has 2 aromatic rings. The molecule has 0 bridgehead atoms. The Kier molecular flexibility index (Phi) is 7.53. The van der Waals surface area contributed by atoms with Crippen LogP contribution >= 0.6 is 11.6 Å². The van der Waals surface area contributed by atoms with Gasteiger partial charge in [-0.2, -0.15) is 0 Å². The molecule has 0 radical (unpaired) electrons. The average Bonchev–Trinajstić information content (AvgIpc) is 3.14. The minimum atomic E-state index is -0.148. The van der Waals surface area contributed by atoms with Gasteiger partial charge in [0.25, 0.3) is 0 Å². The zero-order chi connectivity index (χ0) is 20.8. The number of aromatic nitrogens is 2. The highest BCUT2D eigenvalue weighted by Crippen LogP contribution is 2.38. The lowest BCUT2D eigenvalue weighted by atomic mass is 9.78. The monoisotopic (exact) mass is 418 g/mol. The Hall–Kier alpha value is -2.08. The van der Waals surface area contributed by atoms with E-state index in [1.54, 1.807) is 4.90 Å². The molecular weight excluding hydrogens is 388 g/mol. The maximum atomic E-state index is 13.4. The summed E-state index contributed by atoms with van der Waals surface area (Å²) in [6, 6.07) is 5.60. The molecule has 2 amide bonds. The number of hydrogen-bond donors (Lipinski definition) is 2. The van der Waals surface area contributed by atoms with Crippen LogP contribution in [0.4, 0.5) is 0 Å². The molecule has 1 aliphatic rings. The summed E-state index contributed by atoms with van der Waals surface area (Å²) in [4.78, 5) is 35.5. The third kappa shape index (κ3) is 5.30. The number of imidazole rings is 1. The fourth-order valence-electron chi connectivity index (χ4n) is 4.20. The lowest BCUT2D eigenvalue weighted by Gasteiger charge is -2.33. The molecule has 0 aliphatic heterocycles. The molecule has 2 atom stereocenters. The molecule has 2 N–H and O–H groups in total. The fourth-order valence-corrected chi connectivity index (χ4v) is 4.37. The molecule has 0 saturated heterocycles. The van der Waals surface area contributed by atoms with Crippen molar-refractivity contribution >= 4 is 34.4 Å². The molecule has 7 heteroatoms. The number of benzene rings is 1. The van der Waals surface area contributed by atoms with Crippen molar-refractivity contribution in [1.82, 2.24) is 20.2 Å². The third-order valence-corrected chi connectivity index (χ3v) is 5.84. The Labute approximate surface area is 177 Å². The second-order valence-corrected chi connectivity index (χ2v) is 8.33. The first-order chi connectivity index (χ1) is 14.0. The van der Waals surface area contributed by atoms with Gasteiger partial charge in [0, 0.05) is 29.9 Å². The van der Waals surface area contributed by atoms with E-state index in [1.807, 2.05) is 32.0 Å². The first-order valence-corrected chi connectivity index (χ1v) is 11.1. The Bertz CT molecular complexity index is 850. The number of H-pyrrole nitrogens is 1. The van der Waals surface area contributed by atoms with E-state index >= 15 is 0 Å². The molecule has 0 unspecified atom stereocenters. The van der Waals surface area contributed by atoms with Gasteiger partial charge in [-0.3, -0.25) is 9.59 Å². The number of amides is 2. The topological polar surface area (TPSA) is 78.1 Å². The molecule has 3 rings (SSSR count). The minimum absolute atomic E-state index is 0.0421. The molecule has 29 heavy (non-hydrogen) atoms. The smallest absolute Gasteiger partial charge is 0.239 e. The zero-order valence-corrected chi connectivity index (χ0v) is 18.1. The number of aromatic amines is 1. The van der Waals surface area contributed by atoms with Crippen molar-refractivity contribution in [2.75, 3.05) is 19.6 Å². The number of hydrogen-bond acceptors (Lipinski definition) is 3. The number of halogens is 1. The van der Waals surface area contributed by atoms with E-state index in [0.717, 1.165) is 55.4 Å². The predicted octanol–water partition coefficient (Wildman–Crippen LogP) is 4.25. The SMILES string of the molecule is CCCNC(=O)CN(CCC)C(=O)[C@@H]1CCCC[C@@H]1c1nc2ccc(Cl)cc2[nH]1. The van der Waals surface area contributed by atoms with Crippen LogP contribution in [0.3, 0.4) is 0 Å². The van der Waals surface area contributed by atoms with Crippen LogP contribution in [0.5, 0.6) is 0 Å². The van der Waals surface area contributed by atoms with E-state index in [-0.39, 0.29) is 30.2 Å². The molecule has 6 nitrogen and oxygen atoms in total. The van der Waals surface area contributed by atoms with E-state index in [4.69, 9.17) is 16.6 Å². The maximum absolute atomic E-state index is 13.4. The normalized spacial score (nSPS) is 19.3. The van der Waals surface area contributed by atoms with Crippen LogP contribution in [-0.2, 0) is 9.59 Å². The molecule has 0 spiro atoms. The fraction of sp³-hybridized carbons (Fsp3) is 0.591. The van der Waals surface area contributed by atoms with Crippen molar-refractivity contribution in [3.8, 4) is 0 Å². The van der Waals surface area contributed by atoms with Crippen molar-refractivity contribution in [2.24, 2.45) is 5.92 Å². The minimum Gasteiger partial charge on any atom is -0.355 e.